The lowest BCUT2D eigenvalue weighted by molar-refractivity contribution is 0.391. The minimum absolute atomic E-state index is 0.506. The second-order valence-corrected chi connectivity index (χ2v) is 5.62. The molecule has 1 fully saturated rings. The fourth-order valence-corrected chi connectivity index (χ4v) is 2.82. The molecule has 0 radical (unpaired) electrons. The van der Waals surface area contributed by atoms with Crippen molar-refractivity contribution in [1.82, 2.24) is 9.88 Å². The number of nitrogens with zero attached hydrogens (tertiary/aromatic N) is 3. The number of rotatable bonds is 3. The summed E-state index contributed by atoms with van der Waals surface area (Å²) in [7, 11) is 1.63. The molecule has 2 N–H and O–H groups in total. The van der Waals surface area contributed by atoms with Crippen molar-refractivity contribution in [2.45, 2.75) is 13.5 Å². The minimum Gasteiger partial charge on any atom is -0.481 e. The fourth-order valence-electron chi connectivity index (χ4n) is 1.92. The number of guanidine groups is 1. The molecule has 1 aliphatic rings. The van der Waals surface area contributed by atoms with Crippen molar-refractivity contribution in [3.05, 3.63) is 23.4 Å². The summed E-state index contributed by atoms with van der Waals surface area (Å²) in [6.45, 7) is 4.40. The average molecular weight is 280 g/mol. The molecule has 0 bridgehead atoms. The van der Waals surface area contributed by atoms with Crippen LogP contribution in [0.15, 0.2) is 17.1 Å². The first-order valence-corrected chi connectivity index (χ1v) is 7.49. The topological polar surface area (TPSA) is 63.7 Å². The molecular weight excluding hydrogens is 260 g/mol. The Morgan fingerprint density at radius 2 is 2.21 bits per heavy atom. The second-order valence-electron chi connectivity index (χ2n) is 4.39. The van der Waals surface area contributed by atoms with Crippen LogP contribution in [0.25, 0.3) is 0 Å². The Hall–Kier alpha value is -1.43. The Morgan fingerprint density at radius 3 is 2.89 bits per heavy atom. The number of aliphatic imine (C=N–C) groups is 1. The number of aromatic nitrogens is 1. The largest absolute Gasteiger partial charge is 0.481 e. The van der Waals surface area contributed by atoms with Crippen LogP contribution in [0.4, 0.5) is 0 Å². The quantitative estimate of drug-likeness (QED) is 0.667. The summed E-state index contributed by atoms with van der Waals surface area (Å²) in [5.41, 5.74) is 7.92. The molecule has 0 atom stereocenters. The molecule has 1 saturated heterocycles. The van der Waals surface area contributed by atoms with Gasteiger partial charge in [0.15, 0.2) is 5.96 Å². The molecular formula is C13H20N4OS. The van der Waals surface area contributed by atoms with Crippen molar-refractivity contribution in [3.8, 4) is 5.88 Å². The maximum atomic E-state index is 6.02. The fraction of sp³-hybridized carbons (Fsp3) is 0.538. The van der Waals surface area contributed by atoms with Crippen molar-refractivity contribution in [1.29, 1.82) is 0 Å². The molecule has 0 amide bonds. The van der Waals surface area contributed by atoms with Crippen molar-refractivity contribution in [2.24, 2.45) is 10.7 Å². The first-order valence-electron chi connectivity index (χ1n) is 6.34. The molecule has 0 unspecified atom stereocenters. The Bertz CT molecular complexity index is 458. The lowest BCUT2D eigenvalue weighted by Gasteiger charge is -2.27. The zero-order chi connectivity index (χ0) is 13.7. The van der Waals surface area contributed by atoms with Gasteiger partial charge in [-0.25, -0.2) is 9.98 Å². The van der Waals surface area contributed by atoms with Gasteiger partial charge in [-0.2, -0.15) is 11.8 Å². The third-order valence-corrected chi connectivity index (χ3v) is 3.96. The van der Waals surface area contributed by atoms with Crippen molar-refractivity contribution >= 4 is 17.7 Å². The molecule has 6 heteroatoms. The minimum atomic E-state index is 0.506. The van der Waals surface area contributed by atoms with E-state index in [4.69, 9.17) is 10.5 Å². The molecule has 1 aromatic rings. The van der Waals surface area contributed by atoms with Crippen LogP contribution in [0.5, 0.6) is 5.88 Å². The van der Waals surface area contributed by atoms with E-state index >= 15 is 0 Å². The Kier molecular flexibility index (Phi) is 4.90. The Balaban J connectivity index is 2.04. The standard InChI is InChI=1S/C13H20N4OS/c1-10-3-4-11(12(16-10)18-2)9-15-13(14)17-5-7-19-8-6-17/h3-4H,5-9H2,1-2H3,(H2,14,15). The zero-order valence-corrected chi connectivity index (χ0v) is 12.2. The van der Waals surface area contributed by atoms with Gasteiger partial charge < -0.3 is 15.4 Å². The van der Waals surface area contributed by atoms with E-state index in [2.05, 4.69) is 14.9 Å². The van der Waals surface area contributed by atoms with Crippen LogP contribution >= 0.6 is 11.8 Å². The number of nitrogens with two attached hydrogens (primary N) is 1. The number of ether oxygens (including phenoxy) is 1. The number of pyridine rings is 1. The number of methoxy groups -OCH3 is 1. The maximum absolute atomic E-state index is 6.02. The summed E-state index contributed by atoms with van der Waals surface area (Å²) < 4.78 is 5.27. The molecule has 1 aliphatic heterocycles. The van der Waals surface area contributed by atoms with E-state index in [1.807, 2.05) is 30.8 Å². The predicted molar refractivity (Wildman–Crippen MR) is 79.8 cm³/mol. The third-order valence-electron chi connectivity index (χ3n) is 3.02. The third kappa shape index (κ3) is 3.76. The van der Waals surface area contributed by atoms with Gasteiger partial charge in [0, 0.05) is 35.9 Å². The summed E-state index contributed by atoms with van der Waals surface area (Å²) in [4.78, 5) is 10.9. The van der Waals surface area contributed by atoms with Gasteiger partial charge in [-0.05, 0) is 19.1 Å². The monoisotopic (exact) mass is 280 g/mol. The van der Waals surface area contributed by atoms with Gasteiger partial charge >= 0.3 is 0 Å². The van der Waals surface area contributed by atoms with Gasteiger partial charge in [-0.15, -0.1) is 0 Å². The predicted octanol–water partition coefficient (Wildman–Crippen LogP) is 1.26. The number of hydrogen-bond donors (Lipinski definition) is 1. The molecule has 5 nitrogen and oxygen atoms in total. The molecule has 0 saturated carbocycles. The van der Waals surface area contributed by atoms with E-state index in [1.165, 1.54) is 0 Å². The van der Waals surface area contributed by atoms with Crippen LogP contribution < -0.4 is 10.5 Å². The molecule has 1 aromatic heterocycles. The SMILES string of the molecule is COc1nc(C)ccc1CN=C(N)N1CCSCC1. The van der Waals surface area contributed by atoms with Crippen molar-refractivity contribution in [3.63, 3.8) is 0 Å². The van der Waals surface area contributed by atoms with Crippen LogP contribution in [0.1, 0.15) is 11.3 Å². The summed E-state index contributed by atoms with van der Waals surface area (Å²) >= 11 is 1.96. The summed E-state index contributed by atoms with van der Waals surface area (Å²) in [5.74, 6) is 3.48. The van der Waals surface area contributed by atoms with Gasteiger partial charge in [0.05, 0.1) is 13.7 Å². The van der Waals surface area contributed by atoms with Crippen LogP contribution in [0.3, 0.4) is 0 Å². The highest BCUT2D eigenvalue weighted by Crippen LogP contribution is 2.17. The van der Waals surface area contributed by atoms with Crippen LogP contribution in [0, 0.1) is 6.92 Å². The molecule has 0 spiro atoms. The van der Waals surface area contributed by atoms with Gasteiger partial charge in [-0.1, -0.05) is 0 Å². The van der Waals surface area contributed by atoms with Crippen LogP contribution in [0.2, 0.25) is 0 Å². The van der Waals surface area contributed by atoms with Gasteiger partial charge in [0.25, 0.3) is 0 Å². The van der Waals surface area contributed by atoms with E-state index in [9.17, 15) is 0 Å². The molecule has 2 rings (SSSR count). The normalized spacial score (nSPS) is 16.5. The van der Waals surface area contributed by atoms with E-state index in [0.717, 1.165) is 35.9 Å². The number of thioether (sulfide) groups is 1. The molecule has 2 heterocycles. The Labute approximate surface area is 118 Å². The van der Waals surface area contributed by atoms with E-state index < -0.39 is 0 Å². The van der Waals surface area contributed by atoms with Crippen LogP contribution in [-0.4, -0.2) is 47.5 Å². The lowest BCUT2D eigenvalue weighted by atomic mass is 10.2. The lowest BCUT2D eigenvalue weighted by Crippen LogP contribution is -2.42. The zero-order valence-electron chi connectivity index (χ0n) is 11.4. The first kappa shape index (κ1) is 14.0. The summed E-state index contributed by atoms with van der Waals surface area (Å²) in [6.07, 6.45) is 0. The van der Waals surface area contributed by atoms with Crippen LogP contribution in [-0.2, 0) is 6.54 Å². The highest BCUT2D eigenvalue weighted by molar-refractivity contribution is 7.99. The van der Waals surface area contributed by atoms with E-state index in [-0.39, 0.29) is 0 Å². The second kappa shape index (κ2) is 6.65. The van der Waals surface area contributed by atoms with Gasteiger partial charge in [0.2, 0.25) is 5.88 Å². The highest BCUT2D eigenvalue weighted by atomic mass is 32.2. The summed E-state index contributed by atoms with van der Waals surface area (Å²) in [5, 5.41) is 0. The van der Waals surface area contributed by atoms with E-state index in [1.54, 1.807) is 7.11 Å². The average Bonchev–Trinajstić information content (AvgIpc) is 2.46. The molecule has 0 aliphatic carbocycles. The maximum Gasteiger partial charge on any atom is 0.218 e. The molecule has 0 aromatic carbocycles. The van der Waals surface area contributed by atoms with Gasteiger partial charge in [-0.3, -0.25) is 0 Å². The summed E-state index contributed by atoms with van der Waals surface area (Å²) in [6, 6.07) is 3.95. The van der Waals surface area contributed by atoms with Crippen molar-refractivity contribution < 1.29 is 4.74 Å². The van der Waals surface area contributed by atoms with E-state index in [0.29, 0.717) is 18.4 Å². The number of hydrogen-bond acceptors (Lipinski definition) is 4. The molecule has 104 valence electrons. The van der Waals surface area contributed by atoms with Gasteiger partial charge in [0.1, 0.15) is 0 Å². The molecule has 19 heavy (non-hydrogen) atoms. The first-order chi connectivity index (χ1) is 9.20. The van der Waals surface area contributed by atoms with Crippen molar-refractivity contribution in [2.75, 3.05) is 31.7 Å². The highest BCUT2D eigenvalue weighted by Gasteiger charge is 2.12. The number of aryl methyl sites for hydroxylation is 1. The Morgan fingerprint density at radius 1 is 1.47 bits per heavy atom. The smallest absolute Gasteiger partial charge is 0.218 e.